The molecule has 0 aromatic carbocycles. The first-order chi connectivity index (χ1) is 5.25. The molecule has 0 saturated heterocycles. The summed E-state index contributed by atoms with van der Waals surface area (Å²) in [5, 5.41) is 8.94. The molecule has 1 N–H and O–H groups in total. The molecule has 0 aliphatic rings. The minimum absolute atomic E-state index is 0.287. The molecule has 0 spiro atoms. The third kappa shape index (κ3) is 3.72. The summed E-state index contributed by atoms with van der Waals surface area (Å²) >= 11 is 0. The molecule has 12 heavy (non-hydrogen) atoms. The Morgan fingerprint density at radius 3 is 1.83 bits per heavy atom. The van der Waals surface area contributed by atoms with Crippen molar-refractivity contribution in [3.8, 4) is 0 Å². The minimum atomic E-state index is -0.698. The monoisotopic (exact) mass is 174 g/mol. The van der Waals surface area contributed by atoms with Gasteiger partial charge in [0.1, 0.15) is 0 Å². The number of nitrogens with zero attached hydrogens (tertiary/aromatic N) is 1. The first kappa shape index (κ1) is 11.4. The lowest BCUT2D eigenvalue weighted by molar-refractivity contribution is -0.888. The Kier molecular flexibility index (Phi) is 3.71. The zero-order valence-corrected chi connectivity index (χ0v) is 8.66. The second-order valence-corrected chi connectivity index (χ2v) is 4.60. The maximum atomic E-state index is 10.9. The van der Waals surface area contributed by atoms with Crippen molar-refractivity contribution >= 4 is 5.97 Å². The van der Waals surface area contributed by atoms with Crippen LogP contribution in [0.2, 0.25) is 0 Å². The third-order valence-corrected chi connectivity index (χ3v) is 1.91. The van der Waals surface area contributed by atoms with Gasteiger partial charge in [-0.1, -0.05) is 13.8 Å². The average Bonchev–Trinajstić information content (AvgIpc) is 1.79. The Bertz CT molecular complexity index is 158. The highest BCUT2D eigenvalue weighted by Crippen LogP contribution is 2.13. The van der Waals surface area contributed by atoms with Crippen LogP contribution in [0.4, 0.5) is 0 Å². The van der Waals surface area contributed by atoms with Gasteiger partial charge in [-0.3, -0.25) is 0 Å². The van der Waals surface area contributed by atoms with Crippen LogP contribution in [0.5, 0.6) is 0 Å². The average molecular weight is 174 g/mol. The van der Waals surface area contributed by atoms with Crippen molar-refractivity contribution in [3.63, 3.8) is 0 Å². The van der Waals surface area contributed by atoms with E-state index in [9.17, 15) is 4.79 Å². The summed E-state index contributed by atoms with van der Waals surface area (Å²) in [6, 6.07) is -0.287. The molecule has 0 aromatic heterocycles. The Morgan fingerprint density at radius 1 is 1.33 bits per heavy atom. The standard InChI is InChI=1S/C9H19NO2/c1-7(2)6-8(9(11)12)10(3,4)5/h7-8H,6H2,1-5H3/p+1/t8-/m0/s1. The van der Waals surface area contributed by atoms with Gasteiger partial charge in [-0.05, 0) is 5.92 Å². The van der Waals surface area contributed by atoms with Crippen LogP contribution in [0.3, 0.4) is 0 Å². The first-order valence-electron chi connectivity index (χ1n) is 4.29. The summed E-state index contributed by atoms with van der Waals surface area (Å²) in [5.41, 5.74) is 0. The molecule has 3 heteroatoms. The number of rotatable bonds is 4. The van der Waals surface area contributed by atoms with E-state index in [2.05, 4.69) is 0 Å². The van der Waals surface area contributed by atoms with E-state index in [0.717, 1.165) is 6.42 Å². The molecule has 0 rings (SSSR count). The fourth-order valence-electron chi connectivity index (χ4n) is 1.19. The quantitative estimate of drug-likeness (QED) is 0.650. The molecule has 1 atom stereocenters. The van der Waals surface area contributed by atoms with Crippen LogP contribution in [0.15, 0.2) is 0 Å². The van der Waals surface area contributed by atoms with Crippen molar-refractivity contribution < 1.29 is 14.4 Å². The van der Waals surface area contributed by atoms with Gasteiger partial charge in [0, 0.05) is 6.42 Å². The van der Waals surface area contributed by atoms with Crippen LogP contribution in [0.1, 0.15) is 20.3 Å². The van der Waals surface area contributed by atoms with Gasteiger partial charge in [-0.2, -0.15) is 0 Å². The maximum absolute atomic E-state index is 10.9. The predicted octanol–water partition coefficient (Wildman–Crippen LogP) is 1.19. The van der Waals surface area contributed by atoms with E-state index in [1.807, 2.05) is 35.0 Å². The molecular formula is C9H20NO2+. The van der Waals surface area contributed by atoms with E-state index in [1.165, 1.54) is 0 Å². The smallest absolute Gasteiger partial charge is 0.362 e. The van der Waals surface area contributed by atoms with E-state index in [-0.39, 0.29) is 6.04 Å². The summed E-state index contributed by atoms with van der Waals surface area (Å²) < 4.78 is 0.494. The molecule has 0 saturated carbocycles. The number of carboxylic acids is 1. The number of carboxylic acid groups (broad SMARTS) is 1. The van der Waals surface area contributed by atoms with Crippen molar-refractivity contribution in [3.05, 3.63) is 0 Å². The van der Waals surface area contributed by atoms with Crippen LogP contribution in [-0.2, 0) is 4.79 Å². The highest BCUT2D eigenvalue weighted by atomic mass is 16.4. The molecule has 0 amide bonds. The number of quaternary nitrogens is 1. The summed E-state index contributed by atoms with van der Waals surface area (Å²) in [7, 11) is 5.75. The van der Waals surface area contributed by atoms with Crippen LogP contribution in [0.25, 0.3) is 0 Å². The van der Waals surface area contributed by atoms with Crippen molar-refractivity contribution in [2.45, 2.75) is 26.3 Å². The lowest BCUT2D eigenvalue weighted by Gasteiger charge is -2.31. The van der Waals surface area contributed by atoms with Crippen LogP contribution < -0.4 is 0 Å². The molecule has 3 nitrogen and oxygen atoms in total. The van der Waals surface area contributed by atoms with Gasteiger partial charge in [0.2, 0.25) is 0 Å². The minimum Gasteiger partial charge on any atom is -0.477 e. The Balaban J connectivity index is 4.35. The fourth-order valence-corrected chi connectivity index (χ4v) is 1.19. The lowest BCUT2D eigenvalue weighted by atomic mass is 10.0. The molecule has 0 heterocycles. The van der Waals surface area contributed by atoms with Gasteiger partial charge in [0.25, 0.3) is 0 Å². The zero-order chi connectivity index (χ0) is 9.94. The van der Waals surface area contributed by atoms with E-state index < -0.39 is 5.97 Å². The summed E-state index contributed by atoms with van der Waals surface area (Å²) in [6.45, 7) is 4.09. The topological polar surface area (TPSA) is 37.3 Å². The molecule has 0 aliphatic heterocycles. The van der Waals surface area contributed by atoms with Gasteiger partial charge in [0.05, 0.1) is 21.1 Å². The molecule has 0 bridgehead atoms. The largest absolute Gasteiger partial charge is 0.477 e. The van der Waals surface area contributed by atoms with E-state index in [0.29, 0.717) is 10.4 Å². The molecule has 0 aromatic rings. The normalized spacial score (nSPS) is 14.8. The van der Waals surface area contributed by atoms with Crippen LogP contribution in [-0.4, -0.2) is 42.7 Å². The van der Waals surface area contributed by atoms with E-state index >= 15 is 0 Å². The number of hydrogen-bond donors (Lipinski definition) is 1. The number of hydrogen-bond acceptors (Lipinski definition) is 1. The number of likely N-dealkylation sites (N-methyl/N-ethyl adjacent to an activating group) is 1. The highest BCUT2D eigenvalue weighted by Gasteiger charge is 2.31. The molecule has 0 unspecified atom stereocenters. The van der Waals surface area contributed by atoms with Crippen LogP contribution >= 0.6 is 0 Å². The van der Waals surface area contributed by atoms with E-state index in [4.69, 9.17) is 5.11 Å². The predicted molar refractivity (Wildman–Crippen MR) is 48.9 cm³/mol. The van der Waals surface area contributed by atoms with Gasteiger partial charge in [-0.25, -0.2) is 4.79 Å². The van der Waals surface area contributed by atoms with Crippen molar-refractivity contribution in [1.29, 1.82) is 0 Å². The van der Waals surface area contributed by atoms with Crippen LogP contribution in [0, 0.1) is 5.92 Å². The van der Waals surface area contributed by atoms with Gasteiger partial charge < -0.3 is 9.59 Å². The van der Waals surface area contributed by atoms with E-state index in [1.54, 1.807) is 0 Å². The summed E-state index contributed by atoms with van der Waals surface area (Å²) in [5.74, 6) is -0.264. The Hall–Kier alpha value is -0.570. The van der Waals surface area contributed by atoms with Crippen molar-refractivity contribution in [1.82, 2.24) is 0 Å². The summed E-state index contributed by atoms with van der Waals surface area (Å²) in [4.78, 5) is 10.9. The SMILES string of the molecule is CC(C)C[C@@H](C(=O)O)[N+](C)(C)C. The highest BCUT2D eigenvalue weighted by molar-refractivity contribution is 5.72. The number of aliphatic carboxylic acids is 1. The molecule has 0 aliphatic carbocycles. The molecule has 0 fully saturated rings. The molecule has 0 radical (unpaired) electrons. The second-order valence-electron chi connectivity index (χ2n) is 4.60. The maximum Gasteiger partial charge on any atom is 0.362 e. The lowest BCUT2D eigenvalue weighted by Crippen LogP contribution is -2.50. The van der Waals surface area contributed by atoms with Crippen molar-refractivity contribution in [2.24, 2.45) is 5.92 Å². The number of carbonyl (C=O) groups is 1. The summed E-state index contributed by atoms with van der Waals surface area (Å²) in [6.07, 6.45) is 0.735. The second kappa shape index (κ2) is 3.90. The van der Waals surface area contributed by atoms with Gasteiger partial charge >= 0.3 is 5.97 Å². The Morgan fingerprint density at radius 2 is 1.75 bits per heavy atom. The molecular weight excluding hydrogens is 154 g/mol. The van der Waals surface area contributed by atoms with Gasteiger partial charge in [-0.15, -0.1) is 0 Å². The van der Waals surface area contributed by atoms with Gasteiger partial charge in [0.15, 0.2) is 6.04 Å². The molecule has 72 valence electrons. The first-order valence-corrected chi connectivity index (χ1v) is 4.29. The van der Waals surface area contributed by atoms with Crippen molar-refractivity contribution in [2.75, 3.05) is 21.1 Å². The fraction of sp³-hybridized carbons (Fsp3) is 0.889. The third-order valence-electron chi connectivity index (χ3n) is 1.91. The zero-order valence-electron chi connectivity index (χ0n) is 8.66. The Labute approximate surface area is 74.6 Å².